The molecule has 2 aromatic heterocycles. The van der Waals surface area contributed by atoms with Crippen LogP contribution in [0, 0.1) is 0 Å². The first-order valence-electron chi connectivity index (χ1n) is 6.05. The summed E-state index contributed by atoms with van der Waals surface area (Å²) in [4.78, 5) is 18.8. The van der Waals surface area contributed by atoms with E-state index in [2.05, 4.69) is 24.8 Å². The van der Waals surface area contributed by atoms with Gasteiger partial charge in [-0.15, -0.1) is 0 Å². The molecular formula is C12H14N6O. The minimum absolute atomic E-state index is 0.433. The molecule has 7 heteroatoms. The van der Waals surface area contributed by atoms with Gasteiger partial charge in [0, 0.05) is 31.0 Å². The smallest absolute Gasteiger partial charge is 0.172 e. The molecule has 19 heavy (non-hydrogen) atoms. The van der Waals surface area contributed by atoms with Crippen molar-refractivity contribution in [2.24, 2.45) is 0 Å². The van der Waals surface area contributed by atoms with Crippen molar-refractivity contribution >= 4 is 11.6 Å². The highest BCUT2D eigenvalue weighted by molar-refractivity contribution is 5.65. The van der Waals surface area contributed by atoms with E-state index >= 15 is 0 Å². The standard InChI is InChI=1S/C12H14N6O/c13-11-12(18-1-3-19-4-2-18)17-10(7-16-11)9-5-14-8-15-6-9/h5-8H,1-4H2,(H2,13,16). The van der Waals surface area contributed by atoms with Crippen LogP contribution in [0.1, 0.15) is 0 Å². The molecule has 1 fully saturated rings. The first-order chi connectivity index (χ1) is 9.34. The third kappa shape index (κ3) is 2.45. The van der Waals surface area contributed by atoms with E-state index in [9.17, 15) is 0 Å². The van der Waals surface area contributed by atoms with Crippen LogP contribution in [0.3, 0.4) is 0 Å². The maximum atomic E-state index is 5.91. The molecule has 0 amide bonds. The van der Waals surface area contributed by atoms with Gasteiger partial charge in [0.1, 0.15) is 6.33 Å². The molecule has 0 saturated carbocycles. The molecule has 1 saturated heterocycles. The van der Waals surface area contributed by atoms with Crippen LogP contribution >= 0.6 is 0 Å². The molecule has 0 unspecified atom stereocenters. The van der Waals surface area contributed by atoms with Gasteiger partial charge in [-0.25, -0.2) is 19.9 Å². The number of hydrogen-bond donors (Lipinski definition) is 1. The zero-order valence-electron chi connectivity index (χ0n) is 10.4. The lowest BCUT2D eigenvalue weighted by atomic mass is 10.2. The Labute approximate surface area is 110 Å². The maximum absolute atomic E-state index is 5.91. The molecule has 98 valence electrons. The molecule has 0 spiro atoms. The van der Waals surface area contributed by atoms with Gasteiger partial charge in [-0.3, -0.25) is 0 Å². The Balaban J connectivity index is 1.96. The molecule has 1 aliphatic heterocycles. The van der Waals surface area contributed by atoms with Crippen LogP contribution in [-0.2, 0) is 4.74 Å². The molecule has 2 N–H and O–H groups in total. The van der Waals surface area contributed by atoms with Crippen molar-refractivity contribution in [3.63, 3.8) is 0 Å². The van der Waals surface area contributed by atoms with Crippen molar-refractivity contribution in [2.45, 2.75) is 0 Å². The van der Waals surface area contributed by atoms with Crippen molar-refractivity contribution in [2.75, 3.05) is 36.9 Å². The van der Waals surface area contributed by atoms with E-state index < -0.39 is 0 Å². The van der Waals surface area contributed by atoms with E-state index in [1.807, 2.05) is 0 Å². The molecular weight excluding hydrogens is 244 g/mol. The third-order valence-corrected chi connectivity index (χ3v) is 2.95. The summed E-state index contributed by atoms with van der Waals surface area (Å²) in [5, 5.41) is 0. The lowest BCUT2D eigenvalue weighted by Crippen LogP contribution is -2.37. The number of anilines is 2. The number of nitrogens with two attached hydrogens (primary N) is 1. The highest BCUT2D eigenvalue weighted by Gasteiger charge is 2.17. The molecule has 3 rings (SSSR count). The zero-order chi connectivity index (χ0) is 13.1. The molecule has 1 aliphatic rings. The molecule has 0 atom stereocenters. The number of rotatable bonds is 2. The largest absolute Gasteiger partial charge is 0.381 e. The van der Waals surface area contributed by atoms with Gasteiger partial charge in [0.2, 0.25) is 0 Å². The number of aromatic nitrogens is 4. The summed E-state index contributed by atoms with van der Waals surface area (Å²) in [6.45, 7) is 2.90. The van der Waals surface area contributed by atoms with Gasteiger partial charge in [-0.05, 0) is 0 Å². The lowest BCUT2D eigenvalue weighted by molar-refractivity contribution is 0.122. The average Bonchev–Trinajstić information content (AvgIpc) is 2.49. The van der Waals surface area contributed by atoms with E-state index in [1.165, 1.54) is 6.33 Å². The van der Waals surface area contributed by atoms with E-state index in [-0.39, 0.29) is 0 Å². The predicted molar refractivity (Wildman–Crippen MR) is 70.5 cm³/mol. The van der Waals surface area contributed by atoms with E-state index in [0.29, 0.717) is 24.8 Å². The number of nitrogens with zero attached hydrogens (tertiary/aromatic N) is 5. The fourth-order valence-corrected chi connectivity index (χ4v) is 1.97. The van der Waals surface area contributed by atoms with Gasteiger partial charge >= 0.3 is 0 Å². The number of nitrogen functional groups attached to an aromatic ring is 1. The third-order valence-electron chi connectivity index (χ3n) is 2.95. The van der Waals surface area contributed by atoms with Crippen LogP contribution in [0.25, 0.3) is 11.3 Å². The van der Waals surface area contributed by atoms with Gasteiger partial charge in [0.05, 0.1) is 25.1 Å². The minimum atomic E-state index is 0.433. The van der Waals surface area contributed by atoms with Crippen molar-refractivity contribution in [1.29, 1.82) is 0 Å². The van der Waals surface area contributed by atoms with Crippen LogP contribution in [0.15, 0.2) is 24.9 Å². The summed E-state index contributed by atoms with van der Waals surface area (Å²) in [6.07, 6.45) is 6.53. The van der Waals surface area contributed by atoms with Crippen LogP contribution in [0.5, 0.6) is 0 Å². The van der Waals surface area contributed by atoms with E-state index in [1.54, 1.807) is 18.6 Å². The molecule has 2 aromatic rings. The quantitative estimate of drug-likeness (QED) is 0.831. The van der Waals surface area contributed by atoms with E-state index in [4.69, 9.17) is 10.5 Å². The average molecular weight is 258 g/mol. The van der Waals surface area contributed by atoms with Gasteiger partial charge in [0.25, 0.3) is 0 Å². The van der Waals surface area contributed by atoms with E-state index in [0.717, 1.165) is 24.3 Å². The van der Waals surface area contributed by atoms with Crippen LogP contribution < -0.4 is 10.6 Å². The number of ether oxygens (including phenoxy) is 1. The first kappa shape index (κ1) is 11.8. The topological polar surface area (TPSA) is 90.0 Å². The summed E-state index contributed by atoms with van der Waals surface area (Å²) in [5.74, 6) is 1.13. The van der Waals surface area contributed by atoms with Crippen molar-refractivity contribution < 1.29 is 4.74 Å². The second-order valence-corrected chi connectivity index (χ2v) is 4.19. The monoisotopic (exact) mass is 258 g/mol. The van der Waals surface area contributed by atoms with Gasteiger partial charge in [0.15, 0.2) is 11.6 Å². The highest BCUT2D eigenvalue weighted by Crippen LogP contribution is 2.23. The Bertz CT molecular complexity index is 555. The Morgan fingerprint density at radius 1 is 1.11 bits per heavy atom. The fourth-order valence-electron chi connectivity index (χ4n) is 1.97. The lowest BCUT2D eigenvalue weighted by Gasteiger charge is -2.28. The Hall–Kier alpha value is -2.28. The fraction of sp³-hybridized carbons (Fsp3) is 0.333. The minimum Gasteiger partial charge on any atom is -0.381 e. The summed E-state index contributed by atoms with van der Waals surface area (Å²) >= 11 is 0. The summed E-state index contributed by atoms with van der Waals surface area (Å²) in [5.41, 5.74) is 7.45. The maximum Gasteiger partial charge on any atom is 0.172 e. The Morgan fingerprint density at radius 2 is 1.84 bits per heavy atom. The first-order valence-corrected chi connectivity index (χ1v) is 6.05. The second kappa shape index (κ2) is 5.15. The van der Waals surface area contributed by atoms with Gasteiger partial charge in [-0.1, -0.05) is 0 Å². The molecule has 0 bridgehead atoms. The number of hydrogen-bond acceptors (Lipinski definition) is 7. The highest BCUT2D eigenvalue weighted by atomic mass is 16.5. The van der Waals surface area contributed by atoms with Gasteiger partial charge < -0.3 is 15.4 Å². The van der Waals surface area contributed by atoms with Gasteiger partial charge in [-0.2, -0.15) is 0 Å². The molecule has 7 nitrogen and oxygen atoms in total. The van der Waals surface area contributed by atoms with Crippen molar-refractivity contribution in [3.8, 4) is 11.3 Å². The van der Waals surface area contributed by atoms with Crippen molar-refractivity contribution in [1.82, 2.24) is 19.9 Å². The molecule has 0 aliphatic carbocycles. The Morgan fingerprint density at radius 3 is 2.58 bits per heavy atom. The van der Waals surface area contributed by atoms with Crippen LogP contribution in [0.4, 0.5) is 11.6 Å². The Kier molecular flexibility index (Phi) is 3.20. The molecule has 0 radical (unpaired) electrons. The van der Waals surface area contributed by atoms with Crippen LogP contribution in [-0.4, -0.2) is 46.2 Å². The van der Waals surface area contributed by atoms with Crippen molar-refractivity contribution in [3.05, 3.63) is 24.9 Å². The zero-order valence-corrected chi connectivity index (χ0v) is 10.4. The molecule has 3 heterocycles. The second-order valence-electron chi connectivity index (χ2n) is 4.19. The molecule has 0 aromatic carbocycles. The summed E-state index contributed by atoms with van der Waals surface area (Å²) < 4.78 is 5.33. The SMILES string of the molecule is Nc1ncc(-c2cncnc2)nc1N1CCOCC1. The number of morpholine rings is 1. The predicted octanol–water partition coefficient (Wildman–Crippen LogP) is 0.352. The van der Waals surface area contributed by atoms with Crippen LogP contribution in [0.2, 0.25) is 0 Å². The summed E-state index contributed by atoms with van der Waals surface area (Å²) in [6, 6.07) is 0. The normalized spacial score (nSPS) is 15.5. The summed E-state index contributed by atoms with van der Waals surface area (Å²) in [7, 11) is 0.